The quantitative estimate of drug-likeness (QED) is 0.762. The fraction of sp³-hybridized carbons (Fsp3) is 0.455. The van der Waals surface area contributed by atoms with E-state index in [2.05, 4.69) is 46.1 Å². The van der Waals surface area contributed by atoms with Gasteiger partial charge in [-0.25, -0.2) is 0 Å². The maximum atomic E-state index is 3.75. The Morgan fingerprint density at radius 3 is 2.73 bits per heavy atom. The van der Waals surface area contributed by atoms with E-state index in [0.717, 1.165) is 19.6 Å². The zero-order chi connectivity index (χ0) is 10.8. The van der Waals surface area contributed by atoms with Gasteiger partial charge in [-0.1, -0.05) is 0 Å². The molecule has 0 aliphatic rings. The Morgan fingerprint density at radius 1 is 1.40 bits per heavy atom. The molecule has 1 nitrogen and oxygen atoms in total. The molecule has 0 fully saturated rings. The van der Waals surface area contributed by atoms with Gasteiger partial charge in [0.2, 0.25) is 0 Å². The number of thiophene rings is 1. The van der Waals surface area contributed by atoms with Crippen LogP contribution in [0.5, 0.6) is 0 Å². The first kappa shape index (κ1) is 11.9. The number of nitrogens with zero attached hydrogens (tertiary/aromatic N) is 1. The van der Waals surface area contributed by atoms with E-state index in [9.17, 15) is 0 Å². The fourth-order valence-electron chi connectivity index (χ4n) is 1.59. The predicted molar refractivity (Wildman–Crippen MR) is 73.1 cm³/mol. The minimum absolute atomic E-state index is 0.552. The van der Waals surface area contributed by atoms with Crippen molar-refractivity contribution >= 4 is 50.7 Å². The average molecular weight is 351 g/mol. The summed E-state index contributed by atoms with van der Waals surface area (Å²) in [5, 5.41) is 2.20. The number of rotatable bonds is 4. The van der Waals surface area contributed by atoms with Gasteiger partial charge in [-0.15, -0.1) is 0 Å². The van der Waals surface area contributed by atoms with Gasteiger partial charge in [0.15, 0.2) is 0 Å². The zero-order valence-corrected chi connectivity index (χ0v) is 13.0. The number of fused-ring (bicyclic) bond motifs is 1. The van der Waals surface area contributed by atoms with Crippen molar-refractivity contribution in [3.8, 4) is 0 Å². The Morgan fingerprint density at radius 2 is 2.13 bits per heavy atom. The van der Waals surface area contributed by atoms with Gasteiger partial charge in [0.1, 0.15) is 0 Å². The van der Waals surface area contributed by atoms with Crippen LogP contribution in [0, 0.1) is 0 Å². The van der Waals surface area contributed by atoms with Gasteiger partial charge in [-0.05, 0) is 0 Å². The zero-order valence-electron chi connectivity index (χ0n) is 8.92. The Balaban J connectivity index is 2.27. The van der Waals surface area contributed by atoms with Crippen LogP contribution in [0.2, 0.25) is 0 Å². The molecular formula is C11H14BrNSSe. The van der Waals surface area contributed by atoms with Gasteiger partial charge in [-0.3, -0.25) is 0 Å². The molecule has 4 heteroatoms. The van der Waals surface area contributed by atoms with Crippen molar-refractivity contribution in [2.24, 2.45) is 0 Å². The molecule has 2 aromatic rings. The first-order chi connectivity index (χ1) is 7.26. The topological polar surface area (TPSA) is 3.24 Å². The van der Waals surface area contributed by atoms with Crippen molar-refractivity contribution in [2.45, 2.75) is 20.4 Å². The van der Waals surface area contributed by atoms with Gasteiger partial charge in [0.25, 0.3) is 0 Å². The SMILES string of the molecule is CCN(CC)Cc1[se]c2ccsc2c1Br. The molecule has 0 saturated carbocycles. The van der Waals surface area contributed by atoms with Crippen LogP contribution in [0.1, 0.15) is 18.3 Å². The molecule has 0 bridgehead atoms. The van der Waals surface area contributed by atoms with Crippen molar-refractivity contribution in [1.82, 2.24) is 4.90 Å². The van der Waals surface area contributed by atoms with Crippen LogP contribution in [-0.4, -0.2) is 32.5 Å². The molecule has 0 amide bonds. The van der Waals surface area contributed by atoms with Gasteiger partial charge < -0.3 is 0 Å². The van der Waals surface area contributed by atoms with Crippen LogP contribution >= 0.6 is 27.3 Å². The van der Waals surface area contributed by atoms with E-state index in [1.807, 2.05) is 11.3 Å². The van der Waals surface area contributed by atoms with Crippen molar-refractivity contribution in [3.05, 3.63) is 20.4 Å². The predicted octanol–water partition coefficient (Wildman–Crippen LogP) is 3.56. The molecule has 2 rings (SSSR count). The normalized spacial score (nSPS) is 11.7. The second-order valence-corrected chi connectivity index (χ2v) is 7.51. The molecule has 0 N–H and O–H groups in total. The van der Waals surface area contributed by atoms with Crippen molar-refractivity contribution in [3.63, 3.8) is 0 Å². The number of halogens is 1. The first-order valence-electron chi connectivity index (χ1n) is 5.13. The third-order valence-corrected chi connectivity index (χ3v) is 7.91. The molecule has 0 aromatic carbocycles. The summed E-state index contributed by atoms with van der Waals surface area (Å²) in [6, 6.07) is 2.27. The summed E-state index contributed by atoms with van der Waals surface area (Å²) in [5.74, 6) is 0. The Bertz CT molecular complexity index is 444. The summed E-state index contributed by atoms with van der Waals surface area (Å²) in [7, 11) is 0. The first-order valence-corrected chi connectivity index (χ1v) is 8.51. The molecule has 0 spiro atoms. The summed E-state index contributed by atoms with van der Waals surface area (Å²) < 4.78 is 6.01. The van der Waals surface area contributed by atoms with Crippen LogP contribution in [0.25, 0.3) is 8.96 Å². The van der Waals surface area contributed by atoms with Crippen LogP contribution < -0.4 is 0 Å². The Hall–Kier alpha value is 0.399. The number of hydrogen-bond donors (Lipinski definition) is 0. The molecule has 2 heterocycles. The fourth-order valence-corrected chi connectivity index (χ4v) is 6.71. The molecule has 0 radical (unpaired) electrons. The van der Waals surface area contributed by atoms with Crippen LogP contribution in [0.15, 0.2) is 15.9 Å². The monoisotopic (exact) mass is 351 g/mol. The second-order valence-electron chi connectivity index (χ2n) is 3.41. The van der Waals surface area contributed by atoms with Crippen molar-refractivity contribution in [1.29, 1.82) is 0 Å². The molecule has 0 saturated heterocycles. The summed E-state index contributed by atoms with van der Waals surface area (Å²) in [4.78, 5) is 2.48. The van der Waals surface area contributed by atoms with Crippen LogP contribution in [0.4, 0.5) is 0 Å². The maximum absolute atomic E-state index is 3.75. The third-order valence-electron chi connectivity index (χ3n) is 2.57. The van der Waals surface area contributed by atoms with Crippen molar-refractivity contribution in [2.75, 3.05) is 13.1 Å². The average Bonchev–Trinajstić information content (AvgIpc) is 2.80. The standard InChI is InChI=1S/C11H14BrNSSe/c1-3-13(4-2)7-9-10(12)11-8(15-9)5-6-14-11/h5-6H,3-4,7H2,1-2H3. The Kier molecular flexibility index (Phi) is 4.08. The van der Waals surface area contributed by atoms with E-state index in [0.29, 0.717) is 14.5 Å². The Labute approximate surface area is 109 Å². The van der Waals surface area contributed by atoms with Crippen LogP contribution in [0.3, 0.4) is 0 Å². The molecular weight excluding hydrogens is 337 g/mol. The molecule has 82 valence electrons. The van der Waals surface area contributed by atoms with Gasteiger partial charge in [0.05, 0.1) is 0 Å². The van der Waals surface area contributed by atoms with Crippen molar-refractivity contribution < 1.29 is 0 Å². The molecule has 15 heavy (non-hydrogen) atoms. The molecule has 0 atom stereocenters. The van der Waals surface area contributed by atoms with E-state index < -0.39 is 0 Å². The van der Waals surface area contributed by atoms with E-state index in [-0.39, 0.29) is 0 Å². The third kappa shape index (κ3) is 2.40. The van der Waals surface area contributed by atoms with E-state index in [1.165, 1.54) is 9.17 Å². The molecule has 0 aliphatic carbocycles. The summed E-state index contributed by atoms with van der Waals surface area (Å²) >= 11 is 6.16. The van der Waals surface area contributed by atoms with Crippen LogP contribution in [-0.2, 0) is 6.54 Å². The summed E-state index contributed by atoms with van der Waals surface area (Å²) in [6.45, 7) is 7.88. The van der Waals surface area contributed by atoms with E-state index in [1.54, 1.807) is 8.70 Å². The molecule has 2 aromatic heterocycles. The summed E-state index contributed by atoms with van der Waals surface area (Å²) in [5.41, 5.74) is 0. The second kappa shape index (κ2) is 5.15. The summed E-state index contributed by atoms with van der Waals surface area (Å²) in [6.07, 6.45) is 0. The van der Waals surface area contributed by atoms with E-state index >= 15 is 0 Å². The molecule has 0 aliphatic heterocycles. The minimum atomic E-state index is 0.552. The van der Waals surface area contributed by atoms with E-state index in [4.69, 9.17) is 0 Å². The van der Waals surface area contributed by atoms with Gasteiger partial charge >= 0.3 is 109 Å². The number of hydrogen-bond acceptors (Lipinski definition) is 2. The van der Waals surface area contributed by atoms with Gasteiger partial charge in [-0.2, -0.15) is 0 Å². The molecule has 0 unspecified atom stereocenters. The van der Waals surface area contributed by atoms with Gasteiger partial charge in [0, 0.05) is 0 Å².